The van der Waals surface area contributed by atoms with Crippen molar-refractivity contribution in [3.63, 3.8) is 0 Å². The van der Waals surface area contributed by atoms with Crippen molar-refractivity contribution in [2.75, 3.05) is 18.0 Å². The highest BCUT2D eigenvalue weighted by atomic mass is 16.4. The van der Waals surface area contributed by atoms with Crippen LogP contribution in [0.1, 0.15) is 19.3 Å². The Balaban J connectivity index is 1.99. The molecule has 0 amide bonds. The molecule has 16 heavy (non-hydrogen) atoms. The molecular formula is C12H16N2O2. The van der Waals surface area contributed by atoms with E-state index in [-0.39, 0.29) is 12.3 Å². The zero-order valence-corrected chi connectivity index (χ0v) is 9.17. The summed E-state index contributed by atoms with van der Waals surface area (Å²) in [6.07, 6.45) is 4.10. The molecule has 1 N–H and O–H groups in total. The van der Waals surface area contributed by atoms with Crippen molar-refractivity contribution >= 4 is 11.8 Å². The molecule has 0 bridgehead atoms. The van der Waals surface area contributed by atoms with Gasteiger partial charge in [0.2, 0.25) is 0 Å². The average molecular weight is 220 g/mol. The minimum absolute atomic E-state index is 0.258. The van der Waals surface area contributed by atoms with Crippen molar-refractivity contribution < 1.29 is 9.90 Å². The minimum atomic E-state index is -0.701. The van der Waals surface area contributed by atoms with Crippen molar-refractivity contribution in [3.8, 4) is 0 Å². The SMILES string of the molecule is O=C(O)CC1CCCN(c2ccccn2)C1. The highest BCUT2D eigenvalue weighted by Crippen LogP contribution is 2.23. The second-order valence-corrected chi connectivity index (χ2v) is 4.24. The lowest BCUT2D eigenvalue weighted by atomic mass is 9.95. The van der Waals surface area contributed by atoms with E-state index in [1.54, 1.807) is 6.20 Å². The summed E-state index contributed by atoms with van der Waals surface area (Å²) >= 11 is 0. The fourth-order valence-electron chi connectivity index (χ4n) is 2.23. The molecule has 86 valence electrons. The first-order valence-corrected chi connectivity index (χ1v) is 5.63. The van der Waals surface area contributed by atoms with Gasteiger partial charge in [0, 0.05) is 25.7 Å². The molecular weight excluding hydrogens is 204 g/mol. The van der Waals surface area contributed by atoms with Gasteiger partial charge < -0.3 is 10.0 Å². The van der Waals surface area contributed by atoms with Crippen molar-refractivity contribution in [2.24, 2.45) is 5.92 Å². The number of rotatable bonds is 3. The molecule has 2 rings (SSSR count). The summed E-state index contributed by atoms with van der Waals surface area (Å²) in [6, 6.07) is 5.83. The molecule has 0 saturated carbocycles. The van der Waals surface area contributed by atoms with E-state index in [1.807, 2.05) is 18.2 Å². The number of piperidine rings is 1. The third kappa shape index (κ3) is 2.72. The number of pyridine rings is 1. The fourth-order valence-corrected chi connectivity index (χ4v) is 2.23. The maximum atomic E-state index is 10.7. The first-order valence-electron chi connectivity index (χ1n) is 5.63. The molecule has 0 aromatic carbocycles. The molecule has 1 unspecified atom stereocenters. The number of carboxylic acids is 1. The van der Waals surface area contributed by atoms with Gasteiger partial charge in [-0.15, -0.1) is 0 Å². The van der Waals surface area contributed by atoms with Crippen LogP contribution in [0.2, 0.25) is 0 Å². The number of aromatic nitrogens is 1. The molecule has 1 saturated heterocycles. The fraction of sp³-hybridized carbons (Fsp3) is 0.500. The second kappa shape index (κ2) is 4.96. The maximum Gasteiger partial charge on any atom is 0.303 e. The number of carbonyl (C=O) groups is 1. The van der Waals surface area contributed by atoms with Crippen LogP contribution in [-0.4, -0.2) is 29.1 Å². The summed E-state index contributed by atoms with van der Waals surface area (Å²) in [7, 11) is 0. The van der Waals surface area contributed by atoms with Crippen LogP contribution in [0.3, 0.4) is 0 Å². The Labute approximate surface area is 94.9 Å². The Kier molecular flexibility index (Phi) is 3.39. The van der Waals surface area contributed by atoms with E-state index in [0.717, 1.165) is 31.7 Å². The predicted molar refractivity (Wildman–Crippen MR) is 61.4 cm³/mol. The molecule has 1 aliphatic rings. The van der Waals surface area contributed by atoms with Gasteiger partial charge in [-0.1, -0.05) is 6.07 Å². The maximum absolute atomic E-state index is 10.7. The standard InChI is InChI=1S/C12H16N2O2/c15-12(16)8-10-4-3-7-14(9-10)11-5-1-2-6-13-11/h1-2,5-6,10H,3-4,7-9H2,(H,15,16). The summed E-state index contributed by atoms with van der Waals surface area (Å²) in [5.74, 6) is 0.513. The Morgan fingerprint density at radius 1 is 1.56 bits per heavy atom. The Bertz CT molecular complexity index is 353. The van der Waals surface area contributed by atoms with Crippen molar-refractivity contribution in [3.05, 3.63) is 24.4 Å². The lowest BCUT2D eigenvalue weighted by molar-refractivity contribution is -0.138. The molecule has 1 aromatic heterocycles. The number of nitrogens with zero attached hydrogens (tertiary/aromatic N) is 2. The zero-order valence-electron chi connectivity index (χ0n) is 9.17. The Morgan fingerprint density at radius 3 is 3.12 bits per heavy atom. The summed E-state index contributed by atoms with van der Waals surface area (Å²) < 4.78 is 0. The van der Waals surface area contributed by atoms with Crippen LogP contribution < -0.4 is 4.90 Å². The highest BCUT2D eigenvalue weighted by Gasteiger charge is 2.22. The van der Waals surface area contributed by atoms with Gasteiger partial charge in [0.1, 0.15) is 5.82 Å². The van der Waals surface area contributed by atoms with Crippen molar-refractivity contribution in [2.45, 2.75) is 19.3 Å². The average Bonchev–Trinajstić information content (AvgIpc) is 2.30. The number of aliphatic carboxylic acids is 1. The molecule has 4 nitrogen and oxygen atoms in total. The smallest absolute Gasteiger partial charge is 0.303 e. The van der Waals surface area contributed by atoms with Crippen molar-refractivity contribution in [1.82, 2.24) is 4.98 Å². The van der Waals surface area contributed by atoms with Crippen molar-refractivity contribution in [1.29, 1.82) is 0 Å². The summed E-state index contributed by atoms with van der Waals surface area (Å²) in [5, 5.41) is 8.79. The molecule has 0 radical (unpaired) electrons. The van der Waals surface area contributed by atoms with E-state index >= 15 is 0 Å². The van der Waals surface area contributed by atoms with Gasteiger partial charge >= 0.3 is 5.97 Å². The molecule has 2 heterocycles. The minimum Gasteiger partial charge on any atom is -0.481 e. The molecule has 0 aliphatic carbocycles. The Morgan fingerprint density at radius 2 is 2.44 bits per heavy atom. The van der Waals surface area contributed by atoms with E-state index in [2.05, 4.69) is 9.88 Å². The Hall–Kier alpha value is -1.58. The third-order valence-corrected chi connectivity index (χ3v) is 2.96. The van der Waals surface area contributed by atoms with Gasteiger partial charge in [-0.25, -0.2) is 4.98 Å². The van der Waals surface area contributed by atoms with E-state index < -0.39 is 5.97 Å². The largest absolute Gasteiger partial charge is 0.481 e. The van der Waals surface area contributed by atoms with Crippen LogP contribution in [0, 0.1) is 5.92 Å². The lowest BCUT2D eigenvalue weighted by Crippen LogP contribution is -2.36. The van der Waals surface area contributed by atoms with Gasteiger partial charge in [-0.05, 0) is 30.9 Å². The summed E-state index contributed by atoms with van der Waals surface area (Å²) in [5.41, 5.74) is 0. The van der Waals surface area contributed by atoms with E-state index in [0.29, 0.717) is 0 Å². The van der Waals surface area contributed by atoms with Gasteiger partial charge in [-0.3, -0.25) is 4.79 Å². The molecule has 0 spiro atoms. The quantitative estimate of drug-likeness (QED) is 0.843. The monoisotopic (exact) mass is 220 g/mol. The lowest BCUT2D eigenvalue weighted by Gasteiger charge is -2.32. The summed E-state index contributed by atoms with van der Waals surface area (Å²) in [4.78, 5) is 17.1. The van der Waals surface area contributed by atoms with Gasteiger partial charge in [-0.2, -0.15) is 0 Å². The van der Waals surface area contributed by atoms with E-state index in [1.165, 1.54) is 0 Å². The first kappa shape index (κ1) is 10.9. The molecule has 1 aromatic rings. The first-order chi connectivity index (χ1) is 7.75. The topological polar surface area (TPSA) is 53.4 Å². The van der Waals surface area contributed by atoms with Crippen LogP contribution in [0.25, 0.3) is 0 Å². The van der Waals surface area contributed by atoms with Crippen LogP contribution in [-0.2, 0) is 4.79 Å². The summed E-state index contributed by atoms with van der Waals surface area (Å²) in [6.45, 7) is 1.79. The van der Waals surface area contributed by atoms with Crippen LogP contribution in [0.15, 0.2) is 24.4 Å². The second-order valence-electron chi connectivity index (χ2n) is 4.24. The molecule has 1 atom stereocenters. The van der Waals surface area contributed by atoms with Crippen LogP contribution in [0.4, 0.5) is 5.82 Å². The van der Waals surface area contributed by atoms with E-state index in [4.69, 9.17) is 5.11 Å². The number of anilines is 1. The molecule has 1 fully saturated rings. The molecule has 4 heteroatoms. The number of hydrogen-bond donors (Lipinski definition) is 1. The zero-order chi connectivity index (χ0) is 11.4. The van der Waals surface area contributed by atoms with Gasteiger partial charge in [0.25, 0.3) is 0 Å². The molecule has 1 aliphatic heterocycles. The number of carboxylic acid groups (broad SMARTS) is 1. The predicted octanol–water partition coefficient (Wildman–Crippen LogP) is 1.77. The highest BCUT2D eigenvalue weighted by molar-refractivity contribution is 5.67. The van der Waals surface area contributed by atoms with E-state index in [9.17, 15) is 4.79 Å². The van der Waals surface area contributed by atoms with Crippen LogP contribution in [0.5, 0.6) is 0 Å². The van der Waals surface area contributed by atoms with Gasteiger partial charge in [0.05, 0.1) is 0 Å². The number of hydrogen-bond acceptors (Lipinski definition) is 3. The third-order valence-electron chi connectivity index (χ3n) is 2.96. The van der Waals surface area contributed by atoms with Crippen LogP contribution >= 0.6 is 0 Å². The van der Waals surface area contributed by atoms with Gasteiger partial charge in [0.15, 0.2) is 0 Å². The normalized spacial score (nSPS) is 20.8.